The lowest BCUT2D eigenvalue weighted by atomic mass is 9.94. The van der Waals surface area contributed by atoms with Crippen molar-refractivity contribution in [3.63, 3.8) is 0 Å². The molecule has 1 aliphatic rings. The summed E-state index contributed by atoms with van der Waals surface area (Å²) in [7, 11) is 0. The molecule has 0 radical (unpaired) electrons. The Balaban J connectivity index is 1.61. The predicted molar refractivity (Wildman–Crippen MR) is 89.9 cm³/mol. The van der Waals surface area contributed by atoms with Crippen LogP contribution in [0, 0.1) is 0 Å². The molecule has 0 unspecified atom stereocenters. The zero-order chi connectivity index (χ0) is 14.9. The second-order valence-electron chi connectivity index (χ2n) is 5.81. The van der Waals surface area contributed by atoms with Gasteiger partial charge in [0.1, 0.15) is 0 Å². The fourth-order valence-corrected chi connectivity index (χ4v) is 4.25. The summed E-state index contributed by atoms with van der Waals surface area (Å²) < 4.78 is 1.23. The SMILES string of the molecule is OC[C@@H]1Cc2ccccc2CN1Cc1cc2ncccc2s1. The largest absolute Gasteiger partial charge is 0.395 e. The van der Waals surface area contributed by atoms with Crippen LogP contribution in [0.25, 0.3) is 10.2 Å². The highest BCUT2D eigenvalue weighted by Gasteiger charge is 2.25. The molecule has 3 aromatic rings. The summed E-state index contributed by atoms with van der Waals surface area (Å²) >= 11 is 1.80. The molecular weight excluding hydrogens is 292 g/mol. The molecule has 4 heteroatoms. The van der Waals surface area contributed by atoms with E-state index in [4.69, 9.17) is 0 Å². The van der Waals surface area contributed by atoms with Gasteiger partial charge in [0, 0.05) is 30.2 Å². The van der Waals surface area contributed by atoms with Gasteiger partial charge in [-0.3, -0.25) is 9.88 Å². The number of pyridine rings is 1. The normalized spacial score (nSPS) is 18.5. The summed E-state index contributed by atoms with van der Waals surface area (Å²) in [6.45, 7) is 1.99. The Morgan fingerprint density at radius 1 is 1.18 bits per heavy atom. The van der Waals surface area contributed by atoms with Crippen molar-refractivity contribution in [2.45, 2.75) is 25.6 Å². The first kappa shape index (κ1) is 13.9. The molecule has 0 saturated heterocycles. The molecule has 0 saturated carbocycles. The maximum atomic E-state index is 9.75. The van der Waals surface area contributed by atoms with Gasteiger partial charge in [0.15, 0.2) is 0 Å². The highest BCUT2D eigenvalue weighted by Crippen LogP contribution is 2.29. The number of aromatic nitrogens is 1. The van der Waals surface area contributed by atoms with E-state index in [2.05, 4.69) is 46.3 Å². The molecule has 1 aromatic carbocycles. The molecule has 0 amide bonds. The number of aliphatic hydroxyl groups excluding tert-OH is 1. The standard InChI is InChI=1S/C18H18N2OS/c21-12-15-8-13-4-1-2-5-14(13)10-20(15)11-16-9-17-18(22-16)6-3-7-19-17/h1-7,9,15,21H,8,10-12H2/t15-/m0/s1. The molecule has 1 N–H and O–H groups in total. The number of thiophene rings is 1. The van der Waals surface area contributed by atoms with E-state index >= 15 is 0 Å². The molecule has 4 rings (SSSR count). The van der Waals surface area contributed by atoms with Crippen LogP contribution in [-0.2, 0) is 19.5 Å². The Kier molecular flexibility index (Phi) is 3.66. The van der Waals surface area contributed by atoms with Gasteiger partial charge >= 0.3 is 0 Å². The van der Waals surface area contributed by atoms with Gasteiger partial charge in [-0.15, -0.1) is 11.3 Å². The van der Waals surface area contributed by atoms with Crippen LogP contribution in [-0.4, -0.2) is 27.6 Å². The van der Waals surface area contributed by atoms with Crippen molar-refractivity contribution in [1.82, 2.24) is 9.88 Å². The van der Waals surface area contributed by atoms with Crippen LogP contribution in [0.15, 0.2) is 48.7 Å². The molecule has 3 nitrogen and oxygen atoms in total. The first-order valence-corrected chi connectivity index (χ1v) is 8.40. The average Bonchev–Trinajstić information content (AvgIpc) is 2.96. The lowest BCUT2D eigenvalue weighted by Gasteiger charge is -2.35. The maximum absolute atomic E-state index is 9.75. The first-order valence-electron chi connectivity index (χ1n) is 7.58. The van der Waals surface area contributed by atoms with Crippen LogP contribution < -0.4 is 0 Å². The molecule has 2 aromatic heterocycles. The van der Waals surface area contributed by atoms with Gasteiger partial charge in [0.25, 0.3) is 0 Å². The maximum Gasteiger partial charge on any atom is 0.0813 e. The second-order valence-corrected chi connectivity index (χ2v) is 6.98. The van der Waals surface area contributed by atoms with Crippen molar-refractivity contribution >= 4 is 21.6 Å². The van der Waals surface area contributed by atoms with Crippen LogP contribution in [0.3, 0.4) is 0 Å². The minimum Gasteiger partial charge on any atom is -0.395 e. The van der Waals surface area contributed by atoms with Crippen molar-refractivity contribution in [2.75, 3.05) is 6.61 Å². The van der Waals surface area contributed by atoms with Crippen LogP contribution in [0.4, 0.5) is 0 Å². The monoisotopic (exact) mass is 310 g/mol. The van der Waals surface area contributed by atoms with Crippen LogP contribution in [0.2, 0.25) is 0 Å². The molecular formula is C18H18N2OS. The molecule has 1 aliphatic heterocycles. The van der Waals surface area contributed by atoms with E-state index in [1.165, 1.54) is 20.7 Å². The topological polar surface area (TPSA) is 36.4 Å². The zero-order valence-electron chi connectivity index (χ0n) is 12.3. The summed E-state index contributed by atoms with van der Waals surface area (Å²) in [6, 6.07) is 15.0. The van der Waals surface area contributed by atoms with Gasteiger partial charge in [0.05, 0.1) is 16.8 Å². The van der Waals surface area contributed by atoms with E-state index in [9.17, 15) is 5.11 Å². The highest BCUT2D eigenvalue weighted by molar-refractivity contribution is 7.19. The molecule has 0 spiro atoms. The minimum atomic E-state index is 0.202. The highest BCUT2D eigenvalue weighted by atomic mass is 32.1. The van der Waals surface area contributed by atoms with E-state index in [0.29, 0.717) is 0 Å². The number of fused-ring (bicyclic) bond motifs is 2. The summed E-state index contributed by atoms with van der Waals surface area (Å²) in [5.41, 5.74) is 3.82. The van der Waals surface area contributed by atoms with Gasteiger partial charge in [-0.05, 0) is 35.7 Å². The van der Waals surface area contributed by atoms with E-state index in [0.717, 1.165) is 25.0 Å². The van der Waals surface area contributed by atoms with Gasteiger partial charge in [0.2, 0.25) is 0 Å². The first-order chi connectivity index (χ1) is 10.8. The molecule has 1 atom stereocenters. The fraction of sp³-hybridized carbons (Fsp3) is 0.278. The summed E-state index contributed by atoms with van der Waals surface area (Å²) in [4.78, 5) is 8.11. The minimum absolute atomic E-state index is 0.202. The van der Waals surface area contributed by atoms with Gasteiger partial charge < -0.3 is 5.11 Å². The zero-order valence-corrected chi connectivity index (χ0v) is 13.1. The number of nitrogens with zero attached hydrogens (tertiary/aromatic N) is 2. The Hall–Kier alpha value is -1.75. The average molecular weight is 310 g/mol. The third-order valence-electron chi connectivity index (χ3n) is 4.37. The van der Waals surface area contributed by atoms with Crippen LogP contribution in [0.5, 0.6) is 0 Å². The number of rotatable bonds is 3. The number of hydrogen-bond acceptors (Lipinski definition) is 4. The lowest BCUT2D eigenvalue weighted by molar-refractivity contribution is 0.101. The molecule has 0 fully saturated rings. The summed E-state index contributed by atoms with van der Waals surface area (Å²) in [5, 5.41) is 9.75. The van der Waals surface area contributed by atoms with Gasteiger partial charge in [-0.1, -0.05) is 24.3 Å². The third-order valence-corrected chi connectivity index (χ3v) is 5.45. The van der Waals surface area contributed by atoms with Crippen LogP contribution in [0.1, 0.15) is 16.0 Å². The quantitative estimate of drug-likeness (QED) is 0.807. The smallest absolute Gasteiger partial charge is 0.0813 e. The molecule has 0 aliphatic carbocycles. The molecule has 3 heterocycles. The third kappa shape index (κ3) is 2.54. The van der Waals surface area contributed by atoms with Crippen molar-refractivity contribution in [3.8, 4) is 0 Å². The van der Waals surface area contributed by atoms with Gasteiger partial charge in [-0.25, -0.2) is 0 Å². The van der Waals surface area contributed by atoms with Crippen LogP contribution >= 0.6 is 11.3 Å². The number of benzene rings is 1. The Bertz CT molecular complexity index is 765. The van der Waals surface area contributed by atoms with E-state index in [-0.39, 0.29) is 12.6 Å². The summed E-state index contributed by atoms with van der Waals surface area (Å²) in [5.74, 6) is 0. The Morgan fingerprint density at radius 2 is 2.05 bits per heavy atom. The van der Waals surface area contributed by atoms with Crippen molar-refractivity contribution < 1.29 is 5.11 Å². The van der Waals surface area contributed by atoms with Crippen molar-refractivity contribution in [1.29, 1.82) is 0 Å². The van der Waals surface area contributed by atoms with E-state index in [1.54, 1.807) is 11.3 Å². The van der Waals surface area contributed by atoms with E-state index in [1.807, 2.05) is 12.3 Å². The molecule has 112 valence electrons. The second kappa shape index (κ2) is 5.80. The molecule has 22 heavy (non-hydrogen) atoms. The number of aliphatic hydroxyl groups is 1. The number of hydrogen-bond donors (Lipinski definition) is 1. The Labute approximate surface area is 133 Å². The fourth-order valence-electron chi connectivity index (χ4n) is 3.21. The van der Waals surface area contributed by atoms with E-state index < -0.39 is 0 Å². The summed E-state index contributed by atoms with van der Waals surface area (Å²) in [6.07, 6.45) is 2.77. The van der Waals surface area contributed by atoms with Crippen molar-refractivity contribution in [2.24, 2.45) is 0 Å². The predicted octanol–water partition coefficient (Wildman–Crippen LogP) is 3.22. The van der Waals surface area contributed by atoms with Gasteiger partial charge in [-0.2, -0.15) is 0 Å². The van der Waals surface area contributed by atoms with Crippen molar-refractivity contribution in [3.05, 3.63) is 64.7 Å². The lowest BCUT2D eigenvalue weighted by Crippen LogP contribution is -2.42. The Morgan fingerprint density at radius 3 is 2.86 bits per heavy atom. The molecule has 0 bridgehead atoms.